The number of amides is 1. The average molecular weight is 305 g/mol. The molecule has 1 amide bonds. The summed E-state index contributed by atoms with van der Waals surface area (Å²) in [5.41, 5.74) is 0.873. The van der Waals surface area contributed by atoms with Crippen molar-refractivity contribution in [2.45, 2.75) is 38.2 Å². The predicted octanol–water partition coefficient (Wildman–Crippen LogP) is 2.06. The van der Waals surface area contributed by atoms with Crippen LogP contribution in [0.3, 0.4) is 0 Å². The lowest BCUT2D eigenvalue weighted by Gasteiger charge is -2.35. The molecule has 1 unspecified atom stereocenters. The van der Waals surface area contributed by atoms with Gasteiger partial charge < -0.3 is 14.7 Å². The second-order valence-electron chi connectivity index (χ2n) is 6.36. The highest BCUT2D eigenvalue weighted by Crippen LogP contribution is 2.28. The van der Waals surface area contributed by atoms with E-state index in [9.17, 15) is 9.59 Å². The Labute approximate surface area is 130 Å². The minimum atomic E-state index is -0.899. The monoisotopic (exact) mass is 305 g/mol. The highest BCUT2D eigenvalue weighted by atomic mass is 16.5. The normalized spacial score (nSPS) is 19.0. The second-order valence-corrected chi connectivity index (χ2v) is 6.36. The van der Waals surface area contributed by atoms with Crippen molar-refractivity contribution in [2.24, 2.45) is 0 Å². The number of carbonyl (C=O) groups is 2. The van der Waals surface area contributed by atoms with E-state index in [1.165, 1.54) is 0 Å². The quantitative estimate of drug-likeness (QED) is 0.904. The molecule has 0 aliphatic carbocycles. The van der Waals surface area contributed by atoms with E-state index in [4.69, 9.17) is 9.84 Å². The second kappa shape index (κ2) is 6.92. The number of hydrogen-bond acceptors (Lipinski definition) is 3. The zero-order valence-electron chi connectivity index (χ0n) is 13.1. The molecule has 1 aromatic rings. The van der Waals surface area contributed by atoms with Gasteiger partial charge in [0.2, 0.25) is 5.91 Å². The van der Waals surface area contributed by atoms with Crippen LogP contribution in [-0.4, -0.2) is 47.7 Å². The molecule has 1 N–H and O–H groups in total. The fourth-order valence-corrected chi connectivity index (χ4v) is 2.75. The van der Waals surface area contributed by atoms with E-state index in [2.05, 4.69) is 13.8 Å². The van der Waals surface area contributed by atoms with Crippen molar-refractivity contribution in [3.05, 3.63) is 35.9 Å². The summed E-state index contributed by atoms with van der Waals surface area (Å²) in [6, 6.07) is 9.96. The number of carboxylic acid groups (broad SMARTS) is 1. The summed E-state index contributed by atoms with van der Waals surface area (Å²) in [5, 5.41) is 8.84. The van der Waals surface area contributed by atoms with Gasteiger partial charge in [0.1, 0.15) is 0 Å². The predicted molar refractivity (Wildman–Crippen MR) is 82.7 cm³/mol. The Hall–Kier alpha value is -1.88. The molecule has 0 spiro atoms. The van der Waals surface area contributed by atoms with Gasteiger partial charge in [-0.15, -0.1) is 0 Å². The molecule has 1 saturated heterocycles. The third-order valence-electron chi connectivity index (χ3n) is 4.04. The third kappa shape index (κ3) is 4.31. The van der Waals surface area contributed by atoms with E-state index < -0.39 is 12.1 Å². The Balaban J connectivity index is 1.98. The first kappa shape index (κ1) is 16.5. The smallest absolute Gasteiger partial charge is 0.306 e. The first-order valence-electron chi connectivity index (χ1n) is 7.55. The van der Waals surface area contributed by atoms with Crippen LogP contribution in [0.5, 0.6) is 0 Å². The zero-order valence-corrected chi connectivity index (χ0v) is 13.1. The van der Waals surface area contributed by atoms with Crippen molar-refractivity contribution in [1.82, 2.24) is 4.90 Å². The number of rotatable bonds is 5. The summed E-state index contributed by atoms with van der Waals surface area (Å²) in [7, 11) is 0. The van der Waals surface area contributed by atoms with Crippen LogP contribution in [0.1, 0.15) is 32.3 Å². The number of morpholine rings is 1. The van der Waals surface area contributed by atoms with Gasteiger partial charge in [-0.1, -0.05) is 44.2 Å². The molecule has 1 atom stereocenters. The van der Waals surface area contributed by atoms with Gasteiger partial charge in [0.25, 0.3) is 0 Å². The van der Waals surface area contributed by atoms with E-state index in [-0.39, 0.29) is 17.7 Å². The Bertz CT molecular complexity index is 527. The van der Waals surface area contributed by atoms with Crippen molar-refractivity contribution in [3.63, 3.8) is 0 Å². The van der Waals surface area contributed by atoms with Crippen LogP contribution in [0, 0.1) is 0 Å². The number of carbonyl (C=O) groups excluding carboxylic acids is 1. The average Bonchev–Trinajstić information content (AvgIpc) is 2.47. The lowest BCUT2D eigenvalue weighted by molar-refractivity contribution is -0.148. The molecule has 5 heteroatoms. The maximum absolute atomic E-state index is 12.5. The van der Waals surface area contributed by atoms with Crippen LogP contribution in [0.4, 0.5) is 0 Å². The van der Waals surface area contributed by atoms with Crippen LogP contribution in [0.15, 0.2) is 30.3 Å². The highest BCUT2D eigenvalue weighted by Gasteiger charge is 2.30. The number of ether oxygens (including phenoxy) is 1. The number of hydrogen-bond donors (Lipinski definition) is 1. The minimum Gasteiger partial charge on any atom is -0.481 e. The standard InChI is InChI=1S/C17H23NO4/c1-17(2,13-6-4-3-5-7-13)11-15(19)18-8-9-22-14(12-18)10-16(20)21/h3-7,14H,8-12H2,1-2H3,(H,20,21). The molecule has 0 saturated carbocycles. The molecule has 5 nitrogen and oxygen atoms in total. The molecular formula is C17H23NO4. The molecule has 1 aliphatic heterocycles. The van der Waals surface area contributed by atoms with E-state index in [1.54, 1.807) is 4.90 Å². The Kier molecular flexibility index (Phi) is 5.19. The number of benzene rings is 1. The van der Waals surface area contributed by atoms with Crippen molar-refractivity contribution in [1.29, 1.82) is 0 Å². The fourth-order valence-electron chi connectivity index (χ4n) is 2.75. The topological polar surface area (TPSA) is 66.8 Å². The fraction of sp³-hybridized carbons (Fsp3) is 0.529. The molecule has 22 heavy (non-hydrogen) atoms. The van der Waals surface area contributed by atoms with Crippen LogP contribution >= 0.6 is 0 Å². The molecule has 2 rings (SSSR count). The molecular weight excluding hydrogens is 282 g/mol. The molecule has 120 valence electrons. The van der Waals surface area contributed by atoms with Gasteiger partial charge in [-0.3, -0.25) is 9.59 Å². The number of carboxylic acids is 1. The van der Waals surface area contributed by atoms with Crippen LogP contribution in [-0.2, 0) is 19.7 Å². The van der Waals surface area contributed by atoms with Crippen molar-refractivity contribution in [2.75, 3.05) is 19.7 Å². The van der Waals surface area contributed by atoms with Gasteiger partial charge in [0, 0.05) is 19.5 Å². The molecule has 1 aliphatic rings. The van der Waals surface area contributed by atoms with E-state index in [0.717, 1.165) is 5.56 Å². The summed E-state index contributed by atoms with van der Waals surface area (Å²) in [5.74, 6) is -0.851. The molecule has 1 fully saturated rings. The summed E-state index contributed by atoms with van der Waals surface area (Å²) >= 11 is 0. The molecule has 1 heterocycles. The zero-order chi connectivity index (χ0) is 16.2. The largest absolute Gasteiger partial charge is 0.481 e. The third-order valence-corrected chi connectivity index (χ3v) is 4.04. The maximum Gasteiger partial charge on any atom is 0.306 e. The lowest BCUT2D eigenvalue weighted by Crippen LogP contribution is -2.47. The van der Waals surface area contributed by atoms with Gasteiger partial charge in [-0.05, 0) is 11.0 Å². The van der Waals surface area contributed by atoms with Crippen LogP contribution in [0.25, 0.3) is 0 Å². The summed E-state index contributed by atoms with van der Waals surface area (Å²) < 4.78 is 5.41. The van der Waals surface area contributed by atoms with E-state index >= 15 is 0 Å². The summed E-state index contributed by atoms with van der Waals surface area (Å²) in [6.45, 7) is 5.39. The summed E-state index contributed by atoms with van der Waals surface area (Å²) in [4.78, 5) is 25.0. The van der Waals surface area contributed by atoms with Gasteiger partial charge >= 0.3 is 5.97 Å². The van der Waals surface area contributed by atoms with E-state index in [0.29, 0.717) is 26.1 Å². The van der Waals surface area contributed by atoms with Crippen molar-refractivity contribution in [3.8, 4) is 0 Å². The molecule has 0 bridgehead atoms. The first-order valence-corrected chi connectivity index (χ1v) is 7.55. The Morgan fingerprint density at radius 2 is 2.00 bits per heavy atom. The summed E-state index contributed by atoms with van der Waals surface area (Å²) in [6.07, 6.45) is -0.0714. The number of aliphatic carboxylic acids is 1. The van der Waals surface area contributed by atoms with Gasteiger partial charge in [-0.25, -0.2) is 0 Å². The SMILES string of the molecule is CC(C)(CC(=O)N1CCOC(CC(=O)O)C1)c1ccccc1. The van der Waals surface area contributed by atoms with E-state index in [1.807, 2.05) is 30.3 Å². The van der Waals surface area contributed by atoms with Crippen LogP contribution < -0.4 is 0 Å². The molecule has 1 aromatic carbocycles. The Morgan fingerprint density at radius 1 is 1.32 bits per heavy atom. The maximum atomic E-state index is 12.5. The molecule has 0 radical (unpaired) electrons. The van der Waals surface area contributed by atoms with Gasteiger partial charge in [0.15, 0.2) is 0 Å². The number of nitrogens with zero attached hydrogens (tertiary/aromatic N) is 1. The highest BCUT2D eigenvalue weighted by molar-refractivity contribution is 5.78. The van der Waals surface area contributed by atoms with Gasteiger partial charge in [-0.2, -0.15) is 0 Å². The van der Waals surface area contributed by atoms with Crippen LogP contribution in [0.2, 0.25) is 0 Å². The van der Waals surface area contributed by atoms with Gasteiger partial charge in [0.05, 0.1) is 19.1 Å². The molecule has 0 aromatic heterocycles. The van der Waals surface area contributed by atoms with Crippen molar-refractivity contribution >= 4 is 11.9 Å². The first-order chi connectivity index (χ1) is 10.4. The minimum absolute atomic E-state index is 0.0486. The Morgan fingerprint density at radius 3 is 2.64 bits per heavy atom. The van der Waals surface area contributed by atoms with Crippen molar-refractivity contribution < 1.29 is 19.4 Å². The lowest BCUT2D eigenvalue weighted by atomic mass is 9.81.